The summed E-state index contributed by atoms with van der Waals surface area (Å²) in [7, 11) is 0. The van der Waals surface area contributed by atoms with Crippen LogP contribution < -0.4 is 0 Å². The maximum atomic E-state index is 11.7. The fourth-order valence-corrected chi connectivity index (χ4v) is 1.64. The third-order valence-electron chi connectivity index (χ3n) is 1.80. The fraction of sp³-hybridized carbons (Fsp3) is 0.444. The van der Waals surface area contributed by atoms with Crippen molar-refractivity contribution < 1.29 is 23.4 Å². The van der Waals surface area contributed by atoms with Crippen molar-refractivity contribution in [3.8, 4) is 0 Å². The van der Waals surface area contributed by atoms with E-state index in [0.717, 1.165) is 0 Å². The van der Waals surface area contributed by atoms with Crippen LogP contribution in [-0.2, 0) is 11.3 Å². The second kappa shape index (κ2) is 5.95. The van der Waals surface area contributed by atoms with Crippen molar-refractivity contribution in [3.63, 3.8) is 0 Å². The molecule has 0 aliphatic heterocycles. The van der Waals surface area contributed by atoms with Crippen LogP contribution in [-0.4, -0.2) is 35.3 Å². The Morgan fingerprint density at radius 2 is 2.31 bits per heavy atom. The maximum Gasteiger partial charge on any atom is 0.352 e. The number of hydrogen-bond acceptors (Lipinski definition) is 2. The van der Waals surface area contributed by atoms with E-state index in [9.17, 15) is 13.6 Å². The van der Waals surface area contributed by atoms with Gasteiger partial charge in [-0.05, 0) is 22.0 Å². The number of hydrogen-bond donors (Lipinski definition) is 1. The molecule has 1 heterocycles. The number of ether oxygens (including phenoxy) is 1. The molecular weight excluding hydrogens is 288 g/mol. The average Bonchev–Trinajstić information content (AvgIpc) is 2.54. The number of alkyl halides is 2. The zero-order valence-corrected chi connectivity index (χ0v) is 9.78. The van der Waals surface area contributed by atoms with Crippen molar-refractivity contribution in [2.75, 3.05) is 13.2 Å². The monoisotopic (exact) mass is 297 g/mol. The van der Waals surface area contributed by atoms with E-state index in [1.165, 1.54) is 10.6 Å². The van der Waals surface area contributed by atoms with E-state index in [1.54, 1.807) is 6.20 Å². The first-order valence-electron chi connectivity index (χ1n) is 4.45. The summed E-state index contributed by atoms with van der Waals surface area (Å²) in [5, 5.41) is 8.82. The van der Waals surface area contributed by atoms with Crippen molar-refractivity contribution in [2.24, 2.45) is 0 Å². The lowest BCUT2D eigenvalue weighted by atomic mass is 10.4. The molecule has 4 nitrogen and oxygen atoms in total. The van der Waals surface area contributed by atoms with E-state index in [-0.39, 0.29) is 18.8 Å². The number of carbonyl (C=O) groups is 1. The van der Waals surface area contributed by atoms with Gasteiger partial charge >= 0.3 is 5.97 Å². The van der Waals surface area contributed by atoms with E-state index in [2.05, 4.69) is 20.7 Å². The molecule has 0 fully saturated rings. The zero-order chi connectivity index (χ0) is 12.1. The molecule has 0 bridgehead atoms. The van der Waals surface area contributed by atoms with Gasteiger partial charge in [0.05, 0.1) is 6.61 Å². The Labute approximate surface area is 98.9 Å². The molecule has 1 N–H and O–H groups in total. The quantitative estimate of drug-likeness (QED) is 0.819. The minimum absolute atomic E-state index is 0.0474. The summed E-state index contributed by atoms with van der Waals surface area (Å²) < 4.78 is 30.2. The van der Waals surface area contributed by atoms with Gasteiger partial charge in [-0.2, -0.15) is 0 Å². The molecule has 0 radical (unpaired) electrons. The Bertz CT molecular complexity index is 368. The van der Waals surface area contributed by atoms with Gasteiger partial charge in [0, 0.05) is 17.2 Å². The van der Waals surface area contributed by atoms with Gasteiger partial charge in [-0.1, -0.05) is 0 Å². The Hall–Kier alpha value is -0.950. The van der Waals surface area contributed by atoms with Gasteiger partial charge in [0.2, 0.25) is 0 Å². The van der Waals surface area contributed by atoms with Crippen molar-refractivity contribution in [2.45, 2.75) is 13.0 Å². The SMILES string of the molecule is O=C(O)c1cc(Br)cn1CCOCC(F)F. The van der Waals surface area contributed by atoms with Crippen molar-refractivity contribution in [3.05, 3.63) is 22.4 Å². The number of aromatic carboxylic acids is 1. The molecule has 0 aromatic carbocycles. The van der Waals surface area contributed by atoms with Gasteiger partial charge in [-0.15, -0.1) is 0 Å². The first-order chi connectivity index (χ1) is 7.50. The van der Waals surface area contributed by atoms with Crippen LogP contribution in [0.2, 0.25) is 0 Å². The van der Waals surface area contributed by atoms with Gasteiger partial charge in [-0.3, -0.25) is 0 Å². The number of carboxylic acids is 1. The molecule has 0 saturated carbocycles. The number of nitrogens with zero attached hydrogens (tertiary/aromatic N) is 1. The summed E-state index contributed by atoms with van der Waals surface area (Å²) in [5.41, 5.74) is 0.0903. The summed E-state index contributed by atoms with van der Waals surface area (Å²) in [6.07, 6.45) is -0.940. The molecular formula is C9H10BrF2NO3. The van der Waals surface area contributed by atoms with E-state index in [4.69, 9.17) is 5.11 Å². The minimum atomic E-state index is -2.50. The van der Waals surface area contributed by atoms with E-state index in [0.29, 0.717) is 4.47 Å². The summed E-state index contributed by atoms with van der Waals surface area (Å²) in [6.45, 7) is -0.365. The predicted octanol–water partition coefficient (Wildman–Crippen LogP) is 2.23. The highest BCUT2D eigenvalue weighted by molar-refractivity contribution is 9.10. The summed E-state index contributed by atoms with van der Waals surface area (Å²) in [5.74, 6) is -1.07. The van der Waals surface area contributed by atoms with Crippen molar-refractivity contribution >= 4 is 21.9 Å². The van der Waals surface area contributed by atoms with Crippen molar-refractivity contribution in [1.82, 2.24) is 4.57 Å². The van der Waals surface area contributed by atoms with Crippen LogP contribution in [0.25, 0.3) is 0 Å². The van der Waals surface area contributed by atoms with Gasteiger partial charge in [0.15, 0.2) is 0 Å². The molecule has 0 atom stereocenters. The molecule has 7 heteroatoms. The number of rotatable bonds is 6. The standard InChI is InChI=1S/C9H10BrF2NO3/c10-6-3-7(9(14)15)13(4-6)1-2-16-5-8(11)12/h3-4,8H,1-2,5H2,(H,14,15). The van der Waals surface area contributed by atoms with Crippen LogP contribution in [0.3, 0.4) is 0 Å². The van der Waals surface area contributed by atoms with Crippen LogP contribution in [0.4, 0.5) is 8.78 Å². The first-order valence-corrected chi connectivity index (χ1v) is 5.25. The van der Waals surface area contributed by atoms with Crippen molar-refractivity contribution in [1.29, 1.82) is 0 Å². The molecule has 16 heavy (non-hydrogen) atoms. The van der Waals surface area contributed by atoms with Gasteiger partial charge in [0.25, 0.3) is 6.43 Å². The Morgan fingerprint density at radius 1 is 1.62 bits per heavy atom. The lowest BCUT2D eigenvalue weighted by molar-refractivity contribution is 0.0144. The number of aromatic nitrogens is 1. The lowest BCUT2D eigenvalue weighted by Crippen LogP contribution is -2.13. The Kier molecular flexibility index (Phi) is 4.88. The molecule has 0 unspecified atom stereocenters. The Morgan fingerprint density at radius 3 is 2.88 bits per heavy atom. The fourth-order valence-electron chi connectivity index (χ4n) is 1.17. The Balaban J connectivity index is 2.50. The normalized spacial score (nSPS) is 11.0. The molecule has 0 aliphatic rings. The molecule has 1 aromatic heterocycles. The summed E-state index contributed by atoms with van der Waals surface area (Å²) in [4.78, 5) is 10.8. The molecule has 0 spiro atoms. The van der Waals surface area contributed by atoms with Gasteiger partial charge < -0.3 is 14.4 Å². The second-order valence-corrected chi connectivity index (χ2v) is 3.92. The van der Waals surface area contributed by atoms with Crippen LogP contribution in [0, 0.1) is 0 Å². The van der Waals surface area contributed by atoms with E-state index >= 15 is 0 Å². The maximum absolute atomic E-state index is 11.7. The third kappa shape index (κ3) is 3.90. The highest BCUT2D eigenvalue weighted by atomic mass is 79.9. The zero-order valence-electron chi connectivity index (χ0n) is 8.20. The number of carboxylic acid groups (broad SMARTS) is 1. The molecule has 0 aliphatic carbocycles. The van der Waals surface area contributed by atoms with Crippen LogP contribution in [0.1, 0.15) is 10.5 Å². The van der Waals surface area contributed by atoms with Crippen LogP contribution in [0.15, 0.2) is 16.7 Å². The van der Waals surface area contributed by atoms with Gasteiger partial charge in [-0.25, -0.2) is 13.6 Å². The summed E-state index contributed by atoms with van der Waals surface area (Å²) in [6, 6.07) is 1.44. The van der Waals surface area contributed by atoms with E-state index < -0.39 is 19.0 Å². The highest BCUT2D eigenvalue weighted by Crippen LogP contribution is 2.14. The largest absolute Gasteiger partial charge is 0.477 e. The molecule has 1 aromatic rings. The second-order valence-electron chi connectivity index (χ2n) is 3.01. The average molecular weight is 298 g/mol. The van der Waals surface area contributed by atoms with Crippen LogP contribution >= 0.6 is 15.9 Å². The smallest absolute Gasteiger partial charge is 0.352 e. The summed E-state index contributed by atoms with van der Waals surface area (Å²) >= 11 is 3.14. The van der Waals surface area contributed by atoms with E-state index in [1.807, 2.05) is 0 Å². The van der Waals surface area contributed by atoms with Gasteiger partial charge in [0.1, 0.15) is 12.3 Å². The topological polar surface area (TPSA) is 51.5 Å². The lowest BCUT2D eigenvalue weighted by Gasteiger charge is -2.06. The molecule has 90 valence electrons. The first kappa shape index (κ1) is 13.1. The molecule has 0 saturated heterocycles. The van der Waals surface area contributed by atoms with Crippen LogP contribution in [0.5, 0.6) is 0 Å². The predicted molar refractivity (Wildman–Crippen MR) is 55.9 cm³/mol. The molecule has 1 rings (SSSR count). The minimum Gasteiger partial charge on any atom is -0.477 e. The number of halogens is 3. The third-order valence-corrected chi connectivity index (χ3v) is 2.24. The molecule has 0 amide bonds. The highest BCUT2D eigenvalue weighted by Gasteiger charge is 2.11.